The minimum atomic E-state index is -1.15. The molecule has 14 heavy (non-hydrogen) atoms. The third-order valence-electron chi connectivity index (χ3n) is 1.69. The van der Waals surface area contributed by atoms with Crippen LogP contribution in [0.15, 0.2) is 23.1 Å². The summed E-state index contributed by atoms with van der Waals surface area (Å²) >= 11 is 5.66. The summed E-state index contributed by atoms with van der Waals surface area (Å²) < 4.78 is 11.4. The normalized spacial score (nSPS) is 12.4. The van der Waals surface area contributed by atoms with Crippen LogP contribution in [0.25, 0.3) is 0 Å². The van der Waals surface area contributed by atoms with Crippen molar-refractivity contribution >= 4 is 28.4 Å². The average Bonchev–Trinajstić information content (AvgIpc) is 2.17. The van der Waals surface area contributed by atoms with E-state index in [1.165, 1.54) is 12.1 Å². The molecule has 0 saturated carbocycles. The average molecular weight is 233 g/mol. The summed E-state index contributed by atoms with van der Waals surface area (Å²) in [7, 11) is -1.15. The highest BCUT2D eigenvalue weighted by atomic mass is 35.5. The van der Waals surface area contributed by atoms with Crippen molar-refractivity contribution in [3.05, 3.63) is 28.8 Å². The molecular weight excluding hydrogens is 224 g/mol. The molecule has 0 spiro atoms. The number of hydrogen-bond donors (Lipinski definition) is 1. The molecular formula is C9H9ClO3S. The van der Waals surface area contributed by atoms with Gasteiger partial charge >= 0.3 is 5.97 Å². The summed E-state index contributed by atoms with van der Waals surface area (Å²) in [4.78, 5) is 11.2. The first-order chi connectivity index (χ1) is 6.56. The number of halogens is 1. The van der Waals surface area contributed by atoms with Crippen LogP contribution in [-0.4, -0.2) is 21.0 Å². The van der Waals surface area contributed by atoms with Crippen molar-refractivity contribution in [1.29, 1.82) is 0 Å². The van der Waals surface area contributed by atoms with Crippen molar-refractivity contribution in [2.24, 2.45) is 0 Å². The quantitative estimate of drug-likeness (QED) is 0.869. The van der Waals surface area contributed by atoms with Crippen LogP contribution in [0.5, 0.6) is 0 Å². The molecule has 0 aliphatic rings. The maximum Gasteiger partial charge on any atom is 0.337 e. The SMILES string of the molecule is CCS(=O)c1ccc(Cl)c(C(=O)O)c1. The van der Waals surface area contributed by atoms with Crippen LogP contribution in [0.1, 0.15) is 17.3 Å². The summed E-state index contributed by atoms with van der Waals surface area (Å²) in [6.07, 6.45) is 0. The molecule has 0 aromatic heterocycles. The molecule has 0 radical (unpaired) electrons. The summed E-state index contributed by atoms with van der Waals surface area (Å²) in [5.74, 6) is -0.648. The molecule has 1 N–H and O–H groups in total. The number of hydrogen-bond acceptors (Lipinski definition) is 2. The lowest BCUT2D eigenvalue weighted by atomic mass is 10.2. The fourth-order valence-electron chi connectivity index (χ4n) is 0.977. The predicted molar refractivity (Wildman–Crippen MR) is 55.4 cm³/mol. The van der Waals surface area contributed by atoms with Gasteiger partial charge in [-0.2, -0.15) is 0 Å². The zero-order valence-corrected chi connectivity index (χ0v) is 9.06. The highest BCUT2D eigenvalue weighted by molar-refractivity contribution is 7.85. The Morgan fingerprint density at radius 2 is 2.21 bits per heavy atom. The Hall–Kier alpha value is -0.870. The van der Waals surface area contributed by atoms with Crippen molar-refractivity contribution in [3.63, 3.8) is 0 Å². The molecule has 0 aliphatic carbocycles. The maximum atomic E-state index is 11.4. The minimum absolute atomic E-state index is 0.00836. The van der Waals surface area contributed by atoms with Crippen LogP contribution >= 0.6 is 11.6 Å². The number of rotatable bonds is 3. The fourth-order valence-corrected chi connectivity index (χ4v) is 1.98. The van der Waals surface area contributed by atoms with Crippen molar-refractivity contribution in [3.8, 4) is 0 Å². The largest absolute Gasteiger partial charge is 0.478 e. The molecule has 1 aromatic carbocycles. The molecule has 1 rings (SSSR count). The zero-order chi connectivity index (χ0) is 10.7. The van der Waals surface area contributed by atoms with Gasteiger partial charge in [-0.15, -0.1) is 0 Å². The fraction of sp³-hybridized carbons (Fsp3) is 0.222. The first kappa shape index (κ1) is 11.2. The molecule has 0 bridgehead atoms. The van der Waals surface area contributed by atoms with Crippen LogP contribution in [0, 0.1) is 0 Å². The second-order valence-corrected chi connectivity index (χ2v) is 4.73. The third kappa shape index (κ3) is 2.33. The Kier molecular flexibility index (Phi) is 3.66. The number of benzene rings is 1. The minimum Gasteiger partial charge on any atom is -0.478 e. The van der Waals surface area contributed by atoms with Crippen LogP contribution in [0.2, 0.25) is 5.02 Å². The van der Waals surface area contributed by atoms with Gasteiger partial charge < -0.3 is 5.11 Å². The number of aromatic carboxylic acids is 1. The predicted octanol–water partition coefficient (Wildman–Crippen LogP) is 2.17. The molecule has 1 unspecified atom stereocenters. The summed E-state index contributed by atoms with van der Waals surface area (Å²) in [5.41, 5.74) is -0.00836. The Morgan fingerprint density at radius 3 is 2.71 bits per heavy atom. The van der Waals surface area contributed by atoms with Gasteiger partial charge in [0.05, 0.1) is 21.4 Å². The molecule has 0 saturated heterocycles. The lowest BCUT2D eigenvalue weighted by Gasteiger charge is -2.02. The van der Waals surface area contributed by atoms with Crippen LogP contribution in [0.4, 0.5) is 0 Å². The van der Waals surface area contributed by atoms with Gasteiger partial charge in [0, 0.05) is 10.6 Å². The van der Waals surface area contributed by atoms with Gasteiger partial charge in [0.25, 0.3) is 0 Å². The first-order valence-electron chi connectivity index (χ1n) is 3.97. The summed E-state index contributed by atoms with van der Waals surface area (Å²) in [6, 6.07) is 4.38. The van der Waals surface area contributed by atoms with E-state index in [0.717, 1.165) is 0 Å². The number of carbonyl (C=O) groups is 1. The van der Waals surface area contributed by atoms with Gasteiger partial charge in [0.1, 0.15) is 0 Å². The van der Waals surface area contributed by atoms with Gasteiger partial charge in [0.2, 0.25) is 0 Å². The molecule has 0 heterocycles. The summed E-state index contributed by atoms with van der Waals surface area (Å²) in [6.45, 7) is 1.77. The Morgan fingerprint density at radius 1 is 1.57 bits per heavy atom. The van der Waals surface area contributed by atoms with E-state index in [9.17, 15) is 9.00 Å². The highest BCUT2D eigenvalue weighted by Crippen LogP contribution is 2.19. The van der Waals surface area contributed by atoms with E-state index in [2.05, 4.69) is 0 Å². The molecule has 1 aromatic rings. The highest BCUT2D eigenvalue weighted by Gasteiger charge is 2.11. The van der Waals surface area contributed by atoms with Crippen LogP contribution in [-0.2, 0) is 10.8 Å². The van der Waals surface area contributed by atoms with Gasteiger partial charge in [0.15, 0.2) is 0 Å². The monoisotopic (exact) mass is 232 g/mol. The van der Waals surface area contributed by atoms with E-state index in [0.29, 0.717) is 10.6 Å². The molecule has 0 aliphatic heterocycles. The molecule has 0 fully saturated rings. The number of carboxylic acids is 1. The Bertz CT molecular complexity index is 390. The van der Waals surface area contributed by atoms with E-state index in [1.807, 2.05) is 0 Å². The van der Waals surface area contributed by atoms with Gasteiger partial charge in [-0.05, 0) is 18.2 Å². The van der Waals surface area contributed by atoms with E-state index >= 15 is 0 Å². The van der Waals surface area contributed by atoms with Crippen molar-refractivity contribution < 1.29 is 14.1 Å². The summed E-state index contributed by atoms with van der Waals surface area (Å²) in [5, 5.41) is 8.92. The van der Waals surface area contributed by atoms with Gasteiger partial charge in [-0.3, -0.25) is 4.21 Å². The van der Waals surface area contributed by atoms with Gasteiger partial charge in [-0.1, -0.05) is 18.5 Å². The maximum absolute atomic E-state index is 11.4. The van der Waals surface area contributed by atoms with Crippen LogP contribution < -0.4 is 0 Å². The van der Waals surface area contributed by atoms with E-state index in [1.54, 1.807) is 13.0 Å². The standard InChI is InChI=1S/C9H9ClO3S/c1-2-14(13)6-3-4-8(10)7(5-6)9(11)12/h3-5H,2H2,1H3,(H,11,12). The van der Waals surface area contributed by atoms with E-state index < -0.39 is 16.8 Å². The lowest BCUT2D eigenvalue weighted by molar-refractivity contribution is 0.0697. The number of carboxylic acid groups (broad SMARTS) is 1. The van der Waals surface area contributed by atoms with Crippen molar-refractivity contribution in [1.82, 2.24) is 0 Å². The third-order valence-corrected chi connectivity index (χ3v) is 3.33. The van der Waals surface area contributed by atoms with Gasteiger partial charge in [-0.25, -0.2) is 4.79 Å². The van der Waals surface area contributed by atoms with E-state index in [-0.39, 0.29) is 10.6 Å². The smallest absolute Gasteiger partial charge is 0.337 e. The molecule has 76 valence electrons. The molecule has 1 atom stereocenters. The Labute approximate surface area is 89.2 Å². The van der Waals surface area contributed by atoms with Crippen molar-refractivity contribution in [2.45, 2.75) is 11.8 Å². The Balaban J connectivity index is 3.19. The second-order valence-electron chi connectivity index (χ2n) is 2.58. The van der Waals surface area contributed by atoms with Crippen LogP contribution in [0.3, 0.4) is 0 Å². The zero-order valence-electron chi connectivity index (χ0n) is 7.49. The molecule has 5 heteroatoms. The lowest BCUT2D eigenvalue weighted by Crippen LogP contribution is -2.01. The topological polar surface area (TPSA) is 54.4 Å². The van der Waals surface area contributed by atoms with E-state index in [4.69, 9.17) is 16.7 Å². The molecule has 0 amide bonds. The molecule has 3 nitrogen and oxygen atoms in total. The first-order valence-corrected chi connectivity index (χ1v) is 5.67. The van der Waals surface area contributed by atoms with Crippen molar-refractivity contribution in [2.75, 3.05) is 5.75 Å². The second kappa shape index (κ2) is 4.57.